The van der Waals surface area contributed by atoms with Crippen LogP contribution in [0.1, 0.15) is 29.8 Å². The second-order valence-corrected chi connectivity index (χ2v) is 7.91. The Morgan fingerprint density at radius 3 is 2.50 bits per heavy atom. The van der Waals surface area contributed by atoms with Gasteiger partial charge in [-0.1, -0.05) is 24.3 Å². The summed E-state index contributed by atoms with van der Waals surface area (Å²) in [6.07, 6.45) is 6.94. The summed E-state index contributed by atoms with van der Waals surface area (Å²) in [6, 6.07) is 7.98. The van der Waals surface area contributed by atoms with Gasteiger partial charge >= 0.3 is 0 Å². The predicted octanol–water partition coefficient (Wildman–Crippen LogP) is 3.41. The molecule has 0 aliphatic heterocycles. The molecule has 2 aromatic heterocycles. The molecule has 1 amide bonds. The molecule has 164 valence electrons. The zero-order chi connectivity index (χ0) is 22.7. The molecule has 0 saturated carbocycles. The number of carbonyl (C=O) groups excluding carboxylic acids is 1. The van der Waals surface area contributed by atoms with Gasteiger partial charge in [0, 0.05) is 31.8 Å². The predicted molar refractivity (Wildman–Crippen MR) is 122 cm³/mol. The molecule has 1 aliphatic carbocycles. The summed E-state index contributed by atoms with van der Waals surface area (Å²) in [5, 5.41) is 11.5. The fourth-order valence-corrected chi connectivity index (χ4v) is 3.53. The van der Waals surface area contributed by atoms with Crippen LogP contribution in [0.2, 0.25) is 0 Å². The van der Waals surface area contributed by atoms with Crippen LogP contribution in [0.25, 0.3) is 28.6 Å². The van der Waals surface area contributed by atoms with Crippen molar-refractivity contribution < 1.29 is 9.21 Å². The Morgan fingerprint density at radius 2 is 1.84 bits per heavy atom. The second-order valence-electron chi connectivity index (χ2n) is 7.91. The quantitative estimate of drug-likeness (QED) is 0.640. The summed E-state index contributed by atoms with van der Waals surface area (Å²) in [7, 11) is 5.43. The lowest BCUT2D eigenvalue weighted by Gasteiger charge is -2.17. The van der Waals surface area contributed by atoms with Crippen LogP contribution < -0.4 is 5.32 Å². The van der Waals surface area contributed by atoms with Gasteiger partial charge in [-0.25, -0.2) is 4.98 Å². The average molecular weight is 431 g/mol. The Hall–Kier alpha value is -3.65. The lowest BCUT2D eigenvalue weighted by molar-refractivity contribution is -0.124. The maximum absolute atomic E-state index is 12.2. The number of nitrogens with zero attached hydrogens (tertiary/aromatic N) is 5. The Bertz CT molecular complexity index is 1190. The molecule has 0 unspecified atom stereocenters. The number of nitrogens with one attached hydrogen (secondary N) is 1. The minimum Gasteiger partial charge on any atom is -0.415 e. The fraction of sp³-hybridized carbons (Fsp3) is 0.292. The highest BCUT2D eigenvalue weighted by atomic mass is 16.4. The van der Waals surface area contributed by atoms with Gasteiger partial charge in [0.05, 0.1) is 17.6 Å². The molecule has 2 heterocycles. The molecule has 32 heavy (non-hydrogen) atoms. The number of aryl methyl sites for hydroxylation is 1. The Labute approximate surface area is 187 Å². The third-order valence-electron chi connectivity index (χ3n) is 5.32. The lowest BCUT2D eigenvalue weighted by Crippen LogP contribution is -2.24. The summed E-state index contributed by atoms with van der Waals surface area (Å²) in [6.45, 7) is 2.66. The first-order valence-corrected chi connectivity index (χ1v) is 10.5. The first-order chi connectivity index (χ1) is 15.5. The molecule has 0 bridgehead atoms. The summed E-state index contributed by atoms with van der Waals surface area (Å²) >= 11 is 0. The first-order valence-electron chi connectivity index (χ1n) is 10.5. The van der Waals surface area contributed by atoms with E-state index in [1.807, 2.05) is 50.4 Å². The van der Waals surface area contributed by atoms with E-state index in [2.05, 4.69) is 20.5 Å². The third-order valence-corrected chi connectivity index (χ3v) is 5.32. The molecule has 8 heteroatoms. The third kappa shape index (κ3) is 4.50. The Kier molecular flexibility index (Phi) is 6.23. The van der Waals surface area contributed by atoms with E-state index in [-0.39, 0.29) is 5.91 Å². The Balaban J connectivity index is 1.60. The van der Waals surface area contributed by atoms with Crippen LogP contribution in [0, 0.1) is 6.92 Å². The van der Waals surface area contributed by atoms with Crippen LogP contribution in [0.4, 0.5) is 0 Å². The van der Waals surface area contributed by atoms with Crippen molar-refractivity contribution >= 4 is 11.5 Å². The highest BCUT2D eigenvalue weighted by Crippen LogP contribution is 2.29. The number of aromatic nitrogens is 4. The topological polar surface area (TPSA) is 97.0 Å². The molecule has 0 radical (unpaired) electrons. The summed E-state index contributed by atoms with van der Waals surface area (Å²) < 4.78 is 5.93. The summed E-state index contributed by atoms with van der Waals surface area (Å²) in [5.41, 5.74) is 5.86. The van der Waals surface area contributed by atoms with Crippen LogP contribution in [-0.2, 0) is 11.3 Å². The number of benzene rings is 1. The molecule has 1 aromatic carbocycles. The molecule has 4 rings (SSSR count). The zero-order valence-corrected chi connectivity index (χ0v) is 18.7. The van der Waals surface area contributed by atoms with E-state index in [0.29, 0.717) is 29.6 Å². The number of hydrogen-bond acceptors (Lipinski definition) is 7. The second kappa shape index (κ2) is 9.23. The maximum Gasteiger partial charge on any atom is 0.268 e. The normalized spacial score (nSPS) is 13.5. The molecule has 1 N–H and O–H groups in total. The SMILES string of the molecule is CNCc1ccc(-c2nnc(-c3nc(C4=CC=C(C(=O)N(C)C)CC4)cnc3C)o2)cc1. The van der Waals surface area contributed by atoms with Crippen molar-refractivity contribution in [3.63, 3.8) is 0 Å². The number of amides is 1. The van der Waals surface area contributed by atoms with Crippen LogP contribution in [-0.4, -0.2) is 52.1 Å². The molecule has 8 nitrogen and oxygen atoms in total. The minimum atomic E-state index is 0.0355. The largest absolute Gasteiger partial charge is 0.415 e. The van der Waals surface area contributed by atoms with Gasteiger partial charge in [0.1, 0.15) is 5.69 Å². The molecular weight excluding hydrogens is 404 g/mol. The molecule has 0 atom stereocenters. The number of allylic oxidation sites excluding steroid dienone is 3. The van der Waals surface area contributed by atoms with E-state index in [9.17, 15) is 4.79 Å². The van der Waals surface area contributed by atoms with Crippen molar-refractivity contribution in [2.24, 2.45) is 0 Å². The average Bonchev–Trinajstić information content (AvgIpc) is 3.30. The molecule has 1 aliphatic rings. The van der Waals surface area contributed by atoms with Crippen molar-refractivity contribution in [1.82, 2.24) is 30.4 Å². The monoisotopic (exact) mass is 430 g/mol. The molecular formula is C24H26N6O2. The van der Waals surface area contributed by atoms with Gasteiger partial charge in [0.15, 0.2) is 0 Å². The molecule has 0 fully saturated rings. The van der Waals surface area contributed by atoms with Gasteiger partial charge in [-0.15, -0.1) is 10.2 Å². The van der Waals surface area contributed by atoms with E-state index in [1.165, 1.54) is 5.56 Å². The Morgan fingerprint density at radius 1 is 1.09 bits per heavy atom. The maximum atomic E-state index is 12.2. The molecule has 0 spiro atoms. The van der Waals surface area contributed by atoms with Crippen molar-refractivity contribution in [3.05, 3.63) is 65.1 Å². The van der Waals surface area contributed by atoms with Gasteiger partial charge in [-0.3, -0.25) is 9.78 Å². The number of likely N-dealkylation sites (N-methyl/N-ethyl adjacent to an activating group) is 1. The van der Waals surface area contributed by atoms with Crippen LogP contribution in [0.15, 0.2) is 52.6 Å². The van der Waals surface area contributed by atoms with Crippen molar-refractivity contribution in [2.75, 3.05) is 21.1 Å². The van der Waals surface area contributed by atoms with Gasteiger partial charge in [-0.2, -0.15) is 0 Å². The minimum absolute atomic E-state index is 0.0355. The van der Waals surface area contributed by atoms with Crippen LogP contribution in [0.3, 0.4) is 0 Å². The fourth-order valence-electron chi connectivity index (χ4n) is 3.53. The van der Waals surface area contributed by atoms with Gasteiger partial charge in [-0.05, 0) is 50.1 Å². The van der Waals surface area contributed by atoms with Crippen molar-refractivity contribution in [1.29, 1.82) is 0 Å². The van der Waals surface area contributed by atoms with E-state index in [4.69, 9.17) is 9.40 Å². The summed E-state index contributed by atoms with van der Waals surface area (Å²) in [4.78, 5) is 23.0. The van der Waals surface area contributed by atoms with E-state index in [1.54, 1.807) is 25.2 Å². The summed E-state index contributed by atoms with van der Waals surface area (Å²) in [5.74, 6) is 0.809. The van der Waals surface area contributed by atoms with Crippen LogP contribution in [0.5, 0.6) is 0 Å². The number of carbonyl (C=O) groups is 1. The highest BCUT2D eigenvalue weighted by molar-refractivity contribution is 5.94. The lowest BCUT2D eigenvalue weighted by atomic mass is 9.95. The number of hydrogen-bond donors (Lipinski definition) is 1. The van der Waals surface area contributed by atoms with Gasteiger partial charge in [0.25, 0.3) is 5.89 Å². The highest BCUT2D eigenvalue weighted by Gasteiger charge is 2.19. The van der Waals surface area contributed by atoms with Gasteiger partial charge < -0.3 is 14.6 Å². The smallest absolute Gasteiger partial charge is 0.268 e. The molecule has 3 aromatic rings. The standard InChI is InChI=1S/C24H26N6O2/c1-15-21(23-29-28-22(32-23)18-7-5-16(6-8-18)13-25-2)27-20(14-26-15)17-9-11-19(12-10-17)24(31)30(3)4/h5-9,11,14,25H,10,12-13H2,1-4H3. The van der Waals surface area contributed by atoms with E-state index < -0.39 is 0 Å². The van der Waals surface area contributed by atoms with Gasteiger partial charge in [0.2, 0.25) is 11.8 Å². The van der Waals surface area contributed by atoms with E-state index >= 15 is 0 Å². The molecule has 0 saturated heterocycles. The van der Waals surface area contributed by atoms with Crippen molar-refractivity contribution in [2.45, 2.75) is 26.3 Å². The zero-order valence-electron chi connectivity index (χ0n) is 18.7. The first kappa shape index (κ1) is 21.6. The van der Waals surface area contributed by atoms with Crippen molar-refractivity contribution in [3.8, 4) is 23.0 Å². The number of rotatable bonds is 6. The van der Waals surface area contributed by atoms with E-state index in [0.717, 1.165) is 35.4 Å². The van der Waals surface area contributed by atoms with Crippen LogP contribution >= 0.6 is 0 Å².